The zero-order valence-electron chi connectivity index (χ0n) is 14.5. The number of halogens is 1. The minimum Gasteiger partial charge on any atom is -0.385 e. The fourth-order valence-electron chi connectivity index (χ4n) is 2.72. The van der Waals surface area contributed by atoms with Gasteiger partial charge in [-0.15, -0.1) is 0 Å². The van der Waals surface area contributed by atoms with Crippen molar-refractivity contribution in [3.8, 4) is 0 Å². The quantitative estimate of drug-likeness (QED) is 0.593. The average Bonchev–Trinajstić information content (AvgIpc) is 3.08. The first-order chi connectivity index (χ1) is 12.0. The third-order valence-corrected chi connectivity index (χ3v) is 4.29. The van der Waals surface area contributed by atoms with E-state index in [0.29, 0.717) is 24.6 Å². The monoisotopic (exact) mass is 368 g/mol. The number of hydrazine groups is 1. The van der Waals surface area contributed by atoms with Crippen LogP contribution in [0, 0.1) is 0 Å². The molecule has 2 unspecified atom stereocenters. The second-order valence-electron chi connectivity index (χ2n) is 6.08. The molecule has 1 heterocycles. The van der Waals surface area contributed by atoms with E-state index < -0.39 is 0 Å². The van der Waals surface area contributed by atoms with Crippen molar-refractivity contribution in [2.45, 2.75) is 24.9 Å². The van der Waals surface area contributed by atoms with Crippen LogP contribution in [0.25, 0.3) is 0 Å². The minimum absolute atomic E-state index is 0.00363. The number of ether oxygens (including phenoxy) is 1. The van der Waals surface area contributed by atoms with Crippen molar-refractivity contribution in [2.24, 2.45) is 0 Å². The Morgan fingerprint density at radius 1 is 1.40 bits per heavy atom. The molecule has 7 nitrogen and oxygen atoms in total. The number of hydrogen-bond acceptors (Lipinski definition) is 5. The van der Waals surface area contributed by atoms with Crippen LogP contribution in [0.15, 0.2) is 24.3 Å². The van der Waals surface area contributed by atoms with Gasteiger partial charge in [-0.2, -0.15) is 0 Å². The standard InChI is InChI=1S/C17H25ClN4O3/c1-22(11-16(23)19-7-4-8-25-2)17(24)15-10-14(20-21-15)12-5-3-6-13(18)9-12/h3,5-6,9,14-15,20-21H,4,7-8,10-11H2,1-2H3,(H,19,23). The van der Waals surface area contributed by atoms with Gasteiger partial charge in [-0.3, -0.25) is 9.59 Å². The van der Waals surface area contributed by atoms with Gasteiger partial charge >= 0.3 is 0 Å². The van der Waals surface area contributed by atoms with E-state index in [9.17, 15) is 9.59 Å². The molecule has 1 aliphatic rings. The molecule has 1 fully saturated rings. The van der Waals surface area contributed by atoms with Crippen LogP contribution >= 0.6 is 11.6 Å². The van der Waals surface area contributed by atoms with E-state index in [1.54, 1.807) is 14.2 Å². The molecule has 1 saturated heterocycles. The second-order valence-corrected chi connectivity index (χ2v) is 6.51. The highest BCUT2D eigenvalue weighted by Crippen LogP contribution is 2.25. The molecule has 138 valence electrons. The summed E-state index contributed by atoms with van der Waals surface area (Å²) in [4.78, 5) is 25.8. The Bertz CT molecular complexity index is 599. The number of carbonyl (C=O) groups excluding carboxylic acids is 2. The lowest BCUT2D eigenvalue weighted by molar-refractivity contribution is -0.136. The van der Waals surface area contributed by atoms with E-state index in [0.717, 1.165) is 12.0 Å². The highest BCUT2D eigenvalue weighted by Gasteiger charge is 2.32. The number of nitrogens with zero attached hydrogens (tertiary/aromatic N) is 1. The van der Waals surface area contributed by atoms with Gasteiger partial charge in [0, 0.05) is 38.4 Å². The third kappa shape index (κ3) is 5.97. The van der Waals surface area contributed by atoms with E-state index in [4.69, 9.17) is 16.3 Å². The van der Waals surface area contributed by atoms with Crippen molar-refractivity contribution >= 4 is 23.4 Å². The van der Waals surface area contributed by atoms with Crippen LogP contribution in [0.5, 0.6) is 0 Å². The molecular formula is C17H25ClN4O3. The smallest absolute Gasteiger partial charge is 0.241 e. The van der Waals surface area contributed by atoms with Crippen LogP contribution in [0.3, 0.4) is 0 Å². The summed E-state index contributed by atoms with van der Waals surface area (Å²) in [6.45, 7) is 1.16. The Morgan fingerprint density at radius 2 is 2.20 bits per heavy atom. The van der Waals surface area contributed by atoms with E-state index in [2.05, 4.69) is 16.2 Å². The molecule has 0 radical (unpaired) electrons. The van der Waals surface area contributed by atoms with E-state index in [1.165, 1.54) is 4.90 Å². The van der Waals surface area contributed by atoms with Crippen LogP contribution in [-0.2, 0) is 14.3 Å². The summed E-state index contributed by atoms with van der Waals surface area (Å²) in [5, 5.41) is 3.43. The summed E-state index contributed by atoms with van der Waals surface area (Å²) in [7, 11) is 3.25. The Labute approximate surface area is 153 Å². The molecule has 0 saturated carbocycles. The molecule has 8 heteroatoms. The van der Waals surface area contributed by atoms with Gasteiger partial charge in [0.05, 0.1) is 6.54 Å². The maximum atomic E-state index is 12.5. The van der Waals surface area contributed by atoms with Crippen LogP contribution in [0.4, 0.5) is 0 Å². The van der Waals surface area contributed by atoms with Crippen molar-refractivity contribution in [1.29, 1.82) is 0 Å². The first-order valence-corrected chi connectivity index (χ1v) is 8.66. The van der Waals surface area contributed by atoms with E-state index in [-0.39, 0.29) is 30.4 Å². The lowest BCUT2D eigenvalue weighted by Crippen LogP contribution is -2.47. The molecular weight excluding hydrogens is 344 g/mol. The van der Waals surface area contributed by atoms with Crippen LogP contribution < -0.4 is 16.2 Å². The maximum absolute atomic E-state index is 12.5. The van der Waals surface area contributed by atoms with Crippen LogP contribution in [-0.4, -0.2) is 56.6 Å². The van der Waals surface area contributed by atoms with Gasteiger partial charge < -0.3 is 15.0 Å². The molecule has 3 N–H and O–H groups in total. The summed E-state index contributed by atoms with van der Waals surface area (Å²) in [6.07, 6.45) is 1.34. The molecule has 1 aliphatic heterocycles. The summed E-state index contributed by atoms with van der Waals surface area (Å²) >= 11 is 6.02. The molecule has 25 heavy (non-hydrogen) atoms. The van der Waals surface area contributed by atoms with Gasteiger partial charge in [0.25, 0.3) is 0 Å². The third-order valence-electron chi connectivity index (χ3n) is 4.06. The van der Waals surface area contributed by atoms with E-state index in [1.807, 2.05) is 24.3 Å². The molecule has 0 bridgehead atoms. The lowest BCUT2D eigenvalue weighted by atomic mass is 10.0. The topological polar surface area (TPSA) is 82.7 Å². The zero-order valence-corrected chi connectivity index (χ0v) is 15.3. The van der Waals surface area contributed by atoms with Crippen molar-refractivity contribution in [3.63, 3.8) is 0 Å². The SMILES string of the molecule is COCCCNC(=O)CN(C)C(=O)C1CC(c2cccc(Cl)c2)NN1. The molecule has 1 aromatic carbocycles. The Hall–Kier alpha value is -1.67. The Balaban J connectivity index is 1.79. The molecule has 0 aliphatic carbocycles. The van der Waals surface area contributed by atoms with Crippen LogP contribution in [0.2, 0.25) is 5.02 Å². The average molecular weight is 369 g/mol. The number of likely N-dealkylation sites (N-methyl/N-ethyl adjacent to an activating group) is 1. The van der Waals surface area contributed by atoms with E-state index >= 15 is 0 Å². The van der Waals surface area contributed by atoms with Crippen molar-refractivity contribution in [2.75, 3.05) is 33.9 Å². The number of rotatable bonds is 8. The van der Waals surface area contributed by atoms with Crippen molar-refractivity contribution in [3.05, 3.63) is 34.9 Å². The Kier molecular flexibility index (Phi) is 7.64. The molecule has 2 amide bonds. The predicted molar refractivity (Wildman–Crippen MR) is 96.0 cm³/mol. The van der Waals surface area contributed by atoms with Gasteiger partial charge in [0.1, 0.15) is 6.04 Å². The second kappa shape index (κ2) is 9.72. The molecule has 2 atom stereocenters. The normalized spacial score (nSPS) is 19.6. The first-order valence-electron chi connectivity index (χ1n) is 8.28. The summed E-state index contributed by atoms with van der Waals surface area (Å²) in [5.41, 5.74) is 7.15. The minimum atomic E-state index is -0.379. The summed E-state index contributed by atoms with van der Waals surface area (Å²) in [5.74, 6) is -0.298. The number of benzene rings is 1. The number of amides is 2. The predicted octanol–water partition coefficient (Wildman–Crippen LogP) is 0.859. The fourth-order valence-corrected chi connectivity index (χ4v) is 2.92. The molecule has 0 aromatic heterocycles. The largest absolute Gasteiger partial charge is 0.385 e. The number of hydrogen-bond donors (Lipinski definition) is 3. The maximum Gasteiger partial charge on any atom is 0.241 e. The molecule has 1 aromatic rings. The van der Waals surface area contributed by atoms with Gasteiger partial charge in [-0.25, -0.2) is 10.9 Å². The molecule has 0 spiro atoms. The first kappa shape index (κ1) is 19.7. The fraction of sp³-hybridized carbons (Fsp3) is 0.529. The highest BCUT2D eigenvalue weighted by molar-refractivity contribution is 6.30. The van der Waals surface area contributed by atoms with Crippen LogP contribution in [0.1, 0.15) is 24.4 Å². The number of nitrogens with one attached hydrogen (secondary N) is 3. The molecule has 2 rings (SSSR count). The Morgan fingerprint density at radius 3 is 2.92 bits per heavy atom. The van der Waals surface area contributed by atoms with Gasteiger partial charge in [0.2, 0.25) is 11.8 Å². The number of carbonyl (C=O) groups is 2. The van der Waals surface area contributed by atoms with Gasteiger partial charge in [0.15, 0.2) is 0 Å². The van der Waals surface area contributed by atoms with Gasteiger partial charge in [-0.1, -0.05) is 23.7 Å². The highest BCUT2D eigenvalue weighted by atomic mass is 35.5. The van der Waals surface area contributed by atoms with Crippen molar-refractivity contribution in [1.82, 2.24) is 21.1 Å². The zero-order chi connectivity index (χ0) is 18.2. The van der Waals surface area contributed by atoms with Gasteiger partial charge in [-0.05, 0) is 30.5 Å². The van der Waals surface area contributed by atoms with Crippen molar-refractivity contribution < 1.29 is 14.3 Å². The summed E-state index contributed by atoms with van der Waals surface area (Å²) < 4.78 is 4.93. The lowest BCUT2D eigenvalue weighted by Gasteiger charge is -2.20. The summed E-state index contributed by atoms with van der Waals surface area (Å²) in [6, 6.07) is 7.17. The number of methoxy groups -OCH3 is 1.